The number of carbonyl (C=O) groups is 1. The van der Waals surface area contributed by atoms with Crippen LogP contribution in [0.4, 0.5) is 0 Å². The molecule has 2 aromatic rings. The van der Waals surface area contributed by atoms with Gasteiger partial charge in [-0.1, -0.05) is 32.8 Å². The van der Waals surface area contributed by atoms with Crippen molar-refractivity contribution in [3.05, 3.63) is 45.7 Å². The maximum atomic E-state index is 12.2. The molecule has 1 aromatic heterocycles. The van der Waals surface area contributed by atoms with Crippen molar-refractivity contribution in [2.75, 3.05) is 0 Å². The molecule has 1 aromatic carbocycles. The molecule has 0 aliphatic rings. The van der Waals surface area contributed by atoms with Gasteiger partial charge in [0.25, 0.3) is 0 Å². The maximum Gasteiger partial charge on any atom is 0.213 e. The first-order chi connectivity index (χ1) is 7.59. The van der Waals surface area contributed by atoms with Crippen LogP contribution in [-0.4, -0.2) is 20.8 Å². The Hall–Kier alpha value is -1.49. The van der Waals surface area contributed by atoms with Crippen LogP contribution in [0.2, 0.25) is 0 Å². The van der Waals surface area contributed by atoms with Gasteiger partial charge in [0.05, 0.1) is 6.20 Å². The lowest BCUT2D eigenvalue weighted by Gasteiger charge is -2.04. The number of ketones is 1. The van der Waals surface area contributed by atoms with Gasteiger partial charge in [-0.3, -0.25) is 4.79 Å². The minimum atomic E-state index is -0.0805. The van der Waals surface area contributed by atoms with Gasteiger partial charge < -0.3 is 0 Å². The van der Waals surface area contributed by atoms with Gasteiger partial charge >= 0.3 is 0 Å². The van der Waals surface area contributed by atoms with Crippen LogP contribution in [0.25, 0.3) is 0 Å². The second kappa shape index (κ2) is 4.17. The van der Waals surface area contributed by atoms with Crippen molar-refractivity contribution in [2.24, 2.45) is 7.05 Å². The summed E-state index contributed by atoms with van der Waals surface area (Å²) in [4.78, 5) is 12.2. The van der Waals surface area contributed by atoms with Gasteiger partial charge in [0.15, 0.2) is 0 Å². The highest BCUT2D eigenvalue weighted by Gasteiger charge is 2.16. The third kappa shape index (κ3) is 1.90. The molecule has 16 heavy (non-hydrogen) atoms. The minimum absolute atomic E-state index is 0.0805. The molecular formula is C11H10BrN3O. The average molecular weight is 280 g/mol. The second-order valence-corrected chi connectivity index (χ2v) is 4.41. The van der Waals surface area contributed by atoms with Gasteiger partial charge in [0.1, 0.15) is 5.69 Å². The molecule has 1 heterocycles. The van der Waals surface area contributed by atoms with Gasteiger partial charge in [-0.15, -0.1) is 5.10 Å². The molecule has 0 atom stereocenters. The number of aryl methyl sites for hydroxylation is 2. The smallest absolute Gasteiger partial charge is 0.213 e. The highest BCUT2D eigenvalue weighted by atomic mass is 79.9. The van der Waals surface area contributed by atoms with E-state index in [0.717, 1.165) is 10.0 Å². The first kappa shape index (κ1) is 11.0. The zero-order valence-corrected chi connectivity index (χ0v) is 10.5. The summed E-state index contributed by atoms with van der Waals surface area (Å²) >= 11 is 3.37. The van der Waals surface area contributed by atoms with Crippen LogP contribution in [0.5, 0.6) is 0 Å². The topological polar surface area (TPSA) is 47.8 Å². The number of hydrogen-bond donors (Lipinski definition) is 0. The molecule has 0 spiro atoms. The van der Waals surface area contributed by atoms with E-state index < -0.39 is 0 Å². The zero-order valence-electron chi connectivity index (χ0n) is 8.94. The molecule has 0 aliphatic carbocycles. The summed E-state index contributed by atoms with van der Waals surface area (Å²) in [6, 6.07) is 5.66. The fourth-order valence-electron chi connectivity index (χ4n) is 1.45. The van der Waals surface area contributed by atoms with Crippen LogP contribution in [0.1, 0.15) is 21.6 Å². The largest absolute Gasteiger partial charge is 0.287 e. The molecule has 0 N–H and O–H groups in total. The first-order valence-electron chi connectivity index (χ1n) is 4.75. The molecule has 5 heteroatoms. The van der Waals surface area contributed by atoms with E-state index in [1.54, 1.807) is 7.05 Å². The van der Waals surface area contributed by atoms with E-state index in [1.165, 1.54) is 10.9 Å². The number of nitrogens with zero attached hydrogens (tertiary/aromatic N) is 3. The normalized spacial score (nSPS) is 10.4. The summed E-state index contributed by atoms with van der Waals surface area (Å²) in [5, 5.41) is 7.44. The van der Waals surface area contributed by atoms with E-state index >= 15 is 0 Å². The SMILES string of the molecule is Cc1ccc(Br)c(C(=O)c2cnnn2C)c1. The van der Waals surface area contributed by atoms with Crippen LogP contribution in [0.3, 0.4) is 0 Å². The summed E-state index contributed by atoms with van der Waals surface area (Å²) in [5.41, 5.74) is 2.15. The van der Waals surface area contributed by atoms with Crippen molar-refractivity contribution < 1.29 is 4.79 Å². The van der Waals surface area contributed by atoms with Gasteiger partial charge in [-0.05, 0) is 19.1 Å². The predicted molar refractivity (Wildman–Crippen MR) is 63.3 cm³/mol. The van der Waals surface area contributed by atoms with E-state index in [0.29, 0.717) is 11.3 Å². The monoisotopic (exact) mass is 279 g/mol. The van der Waals surface area contributed by atoms with Crippen molar-refractivity contribution in [1.82, 2.24) is 15.0 Å². The van der Waals surface area contributed by atoms with Crippen molar-refractivity contribution in [3.63, 3.8) is 0 Å². The fourth-order valence-corrected chi connectivity index (χ4v) is 1.87. The summed E-state index contributed by atoms with van der Waals surface area (Å²) < 4.78 is 2.25. The maximum absolute atomic E-state index is 12.2. The van der Waals surface area contributed by atoms with Gasteiger partial charge in [0, 0.05) is 17.1 Å². The lowest BCUT2D eigenvalue weighted by Crippen LogP contribution is -2.09. The number of benzene rings is 1. The van der Waals surface area contributed by atoms with Crippen molar-refractivity contribution in [2.45, 2.75) is 6.92 Å². The predicted octanol–water partition coefficient (Wildman–Crippen LogP) is 2.12. The van der Waals surface area contributed by atoms with Gasteiger partial charge in [-0.2, -0.15) is 0 Å². The Labute approximate surface area is 101 Å². The minimum Gasteiger partial charge on any atom is -0.287 e. The molecule has 0 bridgehead atoms. The van der Waals surface area contributed by atoms with Crippen LogP contribution in [0.15, 0.2) is 28.9 Å². The van der Waals surface area contributed by atoms with Crippen molar-refractivity contribution >= 4 is 21.7 Å². The molecule has 0 fully saturated rings. The van der Waals surface area contributed by atoms with Crippen LogP contribution < -0.4 is 0 Å². The molecule has 0 radical (unpaired) electrons. The third-order valence-electron chi connectivity index (χ3n) is 2.31. The Morgan fingerprint density at radius 3 is 2.81 bits per heavy atom. The van der Waals surface area contributed by atoms with Crippen molar-refractivity contribution in [3.8, 4) is 0 Å². The number of aromatic nitrogens is 3. The summed E-state index contributed by atoms with van der Waals surface area (Å²) in [7, 11) is 1.70. The lowest BCUT2D eigenvalue weighted by molar-refractivity contribution is 0.102. The van der Waals surface area contributed by atoms with Gasteiger partial charge in [0.2, 0.25) is 5.78 Å². The van der Waals surface area contributed by atoms with E-state index in [1.807, 2.05) is 25.1 Å². The lowest BCUT2D eigenvalue weighted by atomic mass is 10.1. The number of hydrogen-bond acceptors (Lipinski definition) is 3. The molecule has 82 valence electrons. The Kier molecular flexibility index (Phi) is 2.87. The zero-order chi connectivity index (χ0) is 11.7. The third-order valence-corrected chi connectivity index (χ3v) is 3.01. The summed E-state index contributed by atoms with van der Waals surface area (Å²) in [5.74, 6) is -0.0805. The Morgan fingerprint density at radius 1 is 1.44 bits per heavy atom. The number of carbonyl (C=O) groups excluding carboxylic acids is 1. The highest BCUT2D eigenvalue weighted by Crippen LogP contribution is 2.20. The number of halogens is 1. The molecular weight excluding hydrogens is 270 g/mol. The van der Waals surface area contributed by atoms with Crippen LogP contribution in [0, 0.1) is 6.92 Å². The van der Waals surface area contributed by atoms with E-state index in [9.17, 15) is 4.79 Å². The first-order valence-corrected chi connectivity index (χ1v) is 5.54. The molecule has 0 aliphatic heterocycles. The van der Waals surface area contributed by atoms with Crippen LogP contribution in [-0.2, 0) is 7.05 Å². The standard InChI is InChI=1S/C11H10BrN3O/c1-7-3-4-9(12)8(5-7)11(16)10-6-13-14-15(10)2/h3-6H,1-2H3. The summed E-state index contributed by atoms with van der Waals surface area (Å²) in [6.07, 6.45) is 1.47. The molecule has 0 saturated heterocycles. The Bertz CT molecular complexity index is 548. The Morgan fingerprint density at radius 2 is 2.19 bits per heavy atom. The molecule has 0 amide bonds. The molecule has 2 rings (SSSR count). The Balaban J connectivity index is 2.49. The number of rotatable bonds is 2. The quantitative estimate of drug-likeness (QED) is 0.792. The van der Waals surface area contributed by atoms with E-state index in [4.69, 9.17) is 0 Å². The van der Waals surface area contributed by atoms with Gasteiger partial charge in [-0.25, -0.2) is 4.68 Å². The molecule has 0 unspecified atom stereocenters. The van der Waals surface area contributed by atoms with Crippen molar-refractivity contribution in [1.29, 1.82) is 0 Å². The van der Waals surface area contributed by atoms with Crippen LogP contribution >= 0.6 is 15.9 Å². The second-order valence-electron chi connectivity index (χ2n) is 3.56. The highest BCUT2D eigenvalue weighted by molar-refractivity contribution is 9.10. The fraction of sp³-hybridized carbons (Fsp3) is 0.182. The molecule has 4 nitrogen and oxygen atoms in total. The molecule has 0 saturated carbocycles. The van der Waals surface area contributed by atoms with E-state index in [2.05, 4.69) is 26.2 Å². The van der Waals surface area contributed by atoms with E-state index in [-0.39, 0.29) is 5.78 Å². The summed E-state index contributed by atoms with van der Waals surface area (Å²) in [6.45, 7) is 1.95. The average Bonchev–Trinajstić information content (AvgIpc) is 2.67.